The molecule has 0 rings (SSSR count). The van der Waals surface area contributed by atoms with E-state index in [0.717, 1.165) is 0 Å². The van der Waals surface area contributed by atoms with Gasteiger partial charge in [0.2, 0.25) is 0 Å². The molecule has 4 heteroatoms. The summed E-state index contributed by atoms with van der Waals surface area (Å²) in [6.45, 7) is 6.91. The summed E-state index contributed by atoms with van der Waals surface area (Å²) >= 11 is 0. The number of urea groups is 1. The molecule has 0 aromatic rings. The minimum absolute atomic E-state index is 0.202. The molecule has 0 fully saturated rings. The number of carbonyl (C=O) groups excluding carboxylic acids is 1. The monoisotopic (exact) mass is 188 g/mol. The lowest BCUT2D eigenvalue weighted by Crippen LogP contribution is -2.59. The molecule has 2 amide bonds. The second kappa shape index (κ2) is 3.54. The SMILES string of the molecule is CN(C)C(=O)NC(C)(C)C(C)(C)O. The van der Waals surface area contributed by atoms with Gasteiger partial charge >= 0.3 is 6.03 Å². The standard InChI is InChI=1S/C9H20N2O2/c1-8(2,9(3,4)13)10-7(12)11(5)6/h13H,1-6H3,(H,10,12). The van der Waals surface area contributed by atoms with Crippen LogP contribution >= 0.6 is 0 Å². The van der Waals surface area contributed by atoms with Crippen molar-refractivity contribution in [3.8, 4) is 0 Å². The number of nitrogens with one attached hydrogen (secondary N) is 1. The van der Waals surface area contributed by atoms with Crippen LogP contribution in [0.2, 0.25) is 0 Å². The molecule has 0 heterocycles. The first-order valence-corrected chi connectivity index (χ1v) is 4.30. The van der Waals surface area contributed by atoms with Crippen molar-refractivity contribution >= 4 is 6.03 Å². The Hall–Kier alpha value is -0.770. The Bertz CT molecular complexity index is 192. The third-order valence-corrected chi connectivity index (χ3v) is 2.36. The predicted molar refractivity (Wildman–Crippen MR) is 52.6 cm³/mol. The fourth-order valence-corrected chi connectivity index (χ4v) is 0.532. The molecule has 2 N–H and O–H groups in total. The van der Waals surface area contributed by atoms with Crippen molar-refractivity contribution in [2.24, 2.45) is 0 Å². The molecule has 13 heavy (non-hydrogen) atoms. The maximum Gasteiger partial charge on any atom is 0.317 e. The van der Waals surface area contributed by atoms with Gasteiger partial charge in [-0.3, -0.25) is 0 Å². The summed E-state index contributed by atoms with van der Waals surface area (Å²) in [5, 5.41) is 12.5. The molecule has 0 unspecified atom stereocenters. The molecular weight excluding hydrogens is 168 g/mol. The fourth-order valence-electron chi connectivity index (χ4n) is 0.532. The summed E-state index contributed by atoms with van der Waals surface area (Å²) < 4.78 is 0. The van der Waals surface area contributed by atoms with E-state index in [9.17, 15) is 9.90 Å². The van der Waals surface area contributed by atoms with Gasteiger partial charge in [-0.15, -0.1) is 0 Å². The van der Waals surface area contributed by atoms with Crippen LogP contribution < -0.4 is 5.32 Å². The van der Waals surface area contributed by atoms with E-state index in [1.54, 1.807) is 41.8 Å². The first-order chi connectivity index (χ1) is 5.58. The predicted octanol–water partition coefficient (Wildman–Crippen LogP) is 0.807. The molecule has 4 nitrogen and oxygen atoms in total. The Kier molecular flexibility index (Phi) is 3.33. The summed E-state index contributed by atoms with van der Waals surface area (Å²) in [6.07, 6.45) is 0. The zero-order valence-corrected chi connectivity index (χ0v) is 9.30. The van der Waals surface area contributed by atoms with E-state index < -0.39 is 11.1 Å². The second-order valence-corrected chi connectivity index (χ2v) is 4.51. The quantitative estimate of drug-likeness (QED) is 0.673. The molecular formula is C9H20N2O2. The Morgan fingerprint density at radius 2 is 1.62 bits per heavy atom. The summed E-state index contributed by atoms with van der Waals surface area (Å²) in [6, 6.07) is -0.202. The van der Waals surface area contributed by atoms with Crippen LogP contribution in [0.15, 0.2) is 0 Å². The van der Waals surface area contributed by atoms with Crippen LogP contribution in [0.1, 0.15) is 27.7 Å². The van der Waals surface area contributed by atoms with E-state index >= 15 is 0 Å². The van der Waals surface area contributed by atoms with Crippen LogP contribution in [0, 0.1) is 0 Å². The van der Waals surface area contributed by atoms with Gasteiger partial charge in [0.1, 0.15) is 0 Å². The fraction of sp³-hybridized carbons (Fsp3) is 0.889. The van der Waals surface area contributed by atoms with Crippen molar-refractivity contribution in [2.45, 2.75) is 38.8 Å². The van der Waals surface area contributed by atoms with Crippen molar-refractivity contribution < 1.29 is 9.90 Å². The number of hydrogen-bond acceptors (Lipinski definition) is 2. The third kappa shape index (κ3) is 3.22. The summed E-state index contributed by atoms with van der Waals surface area (Å²) in [5.41, 5.74) is -1.59. The van der Waals surface area contributed by atoms with Crippen LogP contribution in [-0.4, -0.2) is 41.3 Å². The topological polar surface area (TPSA) is 52.6 Å². The summed E-state index contributed by atoms with van der Waals surface area (Å²) in [7, 11) is 3.32. The third-order valence-electron chi connectivity index (χ3n) is 2.36. The average Bonchev–Trinajstić information content (AvgIpc) is 1.83. The van der Waals surface area contributed by atoms with Crippen molar-refractivity contribution in [1.82, 2.24) is 10.2 Å². The van der Waals surface area contributed by atoms with Gasteiger partial charge in [-0.25, -0.2) is 4.79 Å². The lowest BCUT2D eigenvalue weighted by atomic mass is 9.86. The largest absolute Gasteiger partial charge is 0.388 e. The first kappa shape index (κ1) is 12.2. The lowest BCUT2D eigenvalue weighted by molar-refractivity contribution is -0.000455. The van der Waals surface area contributed by atoms with Crippen LogP contribution in [0.5, 0.6) is 0 Å². The van der Waals surface area contributed by atoms with Crippen molar-refractivity contribution in [3.05, 3.63) is 0 Å². The van der Waals surface area contributed by atoms with Gasteiger partial charge in [-0.2, -0.15) is 0 Å². The molecule has 0 aromatic carbocycles. The minimum atomic E-state index is -0.946. The zero-order chi connectivity index (χ0) is 10.9. The van der Waals surface area contributed by atoms with E-state index in [-0.39, 0.29) is 6.03 Å². The molecule has 78 valence electrons. The molecule has 0 saturated carbocycles. The Balaban J connectivity index is 4.44. The normalized spacial score (nSPS) is 12.5. The molecule has 0 saturated heterocycles. The highest BCUT2D eigenvalue weighted by Gasteiger charge is 2.36. The first-order valence-electron chi connectivity index (χ1n) is 4.30. The second-order valence-electron chi connectivity index (χ2n) is 4.51. The Morgan fingerprint density at radius 1 is 1.23 bits per heavy atom. The number of amides is 2. The minimum Gasteiger partial charge on any atom is -0.388 e. The highest BCUT2D eigenvalue weighted by atomic mass is 16.3. The molecule has 0 spiro atoms. The molecule has 0 aliphatic heterocycles. The Labute approximate surface area is 79.9 Å². The van der Waals surface area contributed by atoms with Gasteiger partial charge in [-0.05, 0) is 27.7 Å². The highest BCUT2D eigenvalue weighted by molar-refractivity contribution is 5.74. The van der Waals surface area contributed by atoms with Gasteiger partial charge in [0, 0.05) is 14.1 Å². The summed E-state index contributed by atoms with van der Waals surface area (Å²) in [4.78, 5) is 12.7. The van der Waals surface area contributed by atoms with E-state index in [4.69, 9.17) is 0 Å². The van der Waals surface area contributed by atoms with Crippen LogP contribution in [0.25, 0.3) is 0 Å². The smallest absolute Gasteiger partial charge is 0.317 e. The van der Waals surface area contributed by atoms with Gasteiger partial charge in [0.15, 0.2) is 0 Å². The van der Waals surface area contributed by atoms with Crippen molar-refractivity contribution in [2.75, 3.05) is 14.1 Å². The number of aliphatic hydroxyl groups is 1. The van der Waals surface area contributed by atoms with E-state index in [1.807, 2.05) is 0 Å². The van der Waals surface area contributed by atoms with E-state index in [0.29, 0.717) is 0 Å². The maximum atomic E-state index is 11.3. The molecule has 0 aliphatic carbocycles. The highest BCUT2D eigenvalue weighted by Crippen LogP contribution is 2.20. The molecule has 0 radical (unpaired) electrons. The van der Waals surface area contributed by atoms with E-state index in [2.05, 4.69) is 5.32 Å². The van der Waals surface area contributed by atoms with Crippen molar-refractivity contribution in [3.63, 3.8) is 0 Å². The molecule has 0 bridgehead atoms. The maximum absolute atomic E-state index is 11.3. The van der Waals surface area contributed by atoms with Gasteiger partial charge < -0.3 is 15.3 Å². The van der Waals surface area contributed by atoms with Crippen LogP contribution in [0.4, 0.5) is 4.79 Å². The molecule has 0 aliphatic rings. The molecule has 0 atom stereocenters. The van der Waals surface area contributed by atoms with Gasteiger partial charge in [0.25, 0.3) is 0 Å². The molecule has 0 aromatic heterocycles. The van der Waals surface area contributed by atoms with Gasteiger partial charge in [0.05, 0.1) is 11.1 Å². The zero-order valence-electron chi connectivity index (χ0n) is 9.30. The number of nitrogens with zero attached hydrogens (tertiary/aromatic N) is 1. The average molecular weight is 188 g/mol. The van der Waals surface area contributed by atoms with Crippen molar-refractivity contribution in [1.29, 1.82) is 0 Å². The van der Waals surface area contributed by atoms with E-state index in [1.165, 1.54) is 4.90 Å². The lowest BCUT2D eigenvalue weighted by Gasteiger charge is -2.38. The van der Waals surface area contributed by atoms with Crippen LogP contribution in [-0.2, 0) is 0 Å². The number of rotatable bonds is 2. The summed E-state index contributed by atoms with van der Waals surface area (Å²) in [5.74, 6) is 0. The number of hydrogen-bond donors (Lipinski definition) is 2. The van der Waals surface area contributed by atoms with Crippen LogP contribution in [0.3, 0.4) is 0 Å². The Morgan fingerprint density at radius 3 is 1.85 bits per heavy atom. The number of carbonyl (C=O) groups is 1. The van der Waals surface area contributed by atoms with Gasteiger partial charge in [-0.1, -0.05) is 0 Å².